The van der Waals surface area contributed by atoms with Gasteiger partial charge in [0.2, 0.25) is 0 Å². The molecule has 0 fully saturated rings. The van der Waals surface area contributed by atoms with Crippen LogP contribution >= 0.6 is 11.3 Å². The zero-order chi connectivity index (χ0) is 18.1. The second-order valence-electron chi connectivity index (χ2n) is 5.65. The number of imidazole rings is 1. The highest BCUT2D eigenvalue weighted by molar-refractivity contribution is 7.17. The summed E-state index contributed by atoms with van der Waals surface area (Å²) in [6.07, 6.45) is 2.70. The number of fused-ring (bicyclic) bond motifs is 2. The van der Waals surface area contributed by atoms with E-state index in [1.165, 1.54) is 11.3 Å². The first kappa shape index (κ1) is 16.6. The van der Waals surface area contributed by atoms with Crippen molar-refractivity contribution in [3.63, 3.8) is 0 Å². The third-order valence-electron chi connectivity index (χ3n) is 3.96. The second kappa shape index (κ2) is 6.80. The standard InChI is InChI=1S/C18H16N2O5S/c1-2-23-16(22)8-12-9-20-13(10-21)17(19-18(20)26-12)11-3-4-14-15(7-11)25-6-5-24-14/h3-4,7,9-10H,2,5-6,8H2,1H3. The Morgan fingerprint density at radius 1 is 1.35 bits per heavy atom. The average molecular weight is 372 g/mol. The van der Waals surface area contributed by atoms with Gasteiger partial charge in [-0.25, -0.2) is 4.98 Å². The molecule has 3 aromatic rings. The zero-order valence-electron chi connectivity index (χ0n) is 14.1. The van der Waals surface area contributed by atoms with E-state index in [9.17, 15) is 9.59 Å². The van der Waals surface area contributed by atoms with Crippen LogP contribution in [-0.2, 0) is 16.0 Å². The van der Waals surface area contributed by atoms with Crippen LogP contribution in [0.1, 0.15) is 22.3 Å². The van der Waals surface area contributed by atoms with Gasteiger partial charge in [-0.05, 0) is 25.1 Å². The maximum atomic E-state index is 11.7. The fourth-order valence-corrected chi connectivity index (χ4v) is 3.83. The number of benzene rings is 1. The molecule has 0 saturated carbocycles. The molecule has 1 aromatic carbocycles. The molecule has 0 bridgehead atoms. The molecule has 0 atom stereocenters. The Labute approximate surface area is 153 Å². The quantitative estimate of drug-likeness (QED) is 0.506. The monoisotopic (exact) mass is 372 g/mol. The van der Waals surface area contributed by atoms with E-state index in [1.807, 2.05) is 18.2 Å². The first-order valence-corrected chi connectivity index (χ1v) is 9.03. The molecule has 134 valence electrons. The summed E-state index contributed by atoms with van der Waals surface area (Å²) in [7, 11) is 0. The number of nitrogens with zero attached hydrogens (tertiary/aromatic N) is 2. The van der Waals surface area contributed by atoms with Gasteiger partial charge in [-0.15, -0.1) is 11.3 Å². The molecule has 0 radical (unpaired) electrons. The van der Waals surface area contributed by atoms with E-state index in [4.69, 9.17) is 14.2 Å². The largest absolute Gasteiger partial charge is 0.486 e. The maximum Gasteiger partial charge on any atom is 0.311 e. The highest BCUT2D eigenvalue weighted by atomic mass is 32.1. The molecular weight excluding hydrogens is 356 g/mol. The Kier molecular flexibility index (Phi) is 4.34. The molecule has 8 heteroatoms. The number of aromatic nitrogens is 2. The molecule has 2 aromatic heterocycles. The summed E-state index contributed by atoms with van der Waals surface area (Å²) in [4.78, 5) is 29.4. The highest BCUT2D eigenvalue weighted by Gasteiger charge is 2.20. The van der Waals surface area contributed by atoms with E-state index >= 15 is 0 Å². The minimum absolute atomic E-state index is 0.166. The Morgan fingerprint density at radius 2 is 2.15 bits per heavy atom. The van der Waals surface area contributed by atoms with Crippen molar-refractivity contribution in [1.82, 2.24) is 9.38 Å². The van der Waals surface area contributed by atoms with Crippen LogP contribution < -0.4 is 9.47 Å². The molecule has 7 nitrogen and oxygen atoms in total. The summed E-state index contributed by atoms with van der Waals surface area (Å²) >= 11 is 1.36. The van der Waals surface area contributed by atoms with Gasteiger partial charge in [0.1, 0.15) is 24.6 Å². The molecule has 0 spiro atoms. The molecule has 1 aliphatic heterocycles. The zero-order valence-corrected chi connectivity index (χ0v) is 14.9. The van der Waals surface area contributed by atoms with Crippen molar-refractivity contribution in [3.05, 3.63) is 35.0 Å². The number of rotatable bonds is 5. The van der Waals surface area contributed by atoms with E-state index in [2.05, 4.69) is 4.98 Å². The lowest BCUT2D eigenvalue weighted by Crippen LogP contribution is -2.15. The van der Waals surface area contributed by atoms with Gasteiger partial charge < -0.3 is 14.2 Å². The number of aldehydes is 1. The molecule has 4 rings (SSSR count). The molecule has 1 aliphatic rings. The molecule has 0 saturated heterocycles. The number of carbonyl (C=O) groups is 2. The maximum absolute atomic E-state index is 11.7. The summed E-state index contributed by atoms with van der Waals surface area (Å²) in [5.41, 5.74) is 1.79. The van der Waals surface area contributed by atoms with Gasteiger partial charge >= 0.3 is 5.97 Å². The molecule has 3 heterocycles. The van der Waals surface area contributed by atoms with Gasteiger partial charge in [-0.2, -0.15) is 0 Å². The van der Waals surface area contributed by atoms with Crippen molar-refractivity contribution < 1.29 is 23.8 Å². The van der Waals surface area contributed by atoms with Crippen molar-refractivity contribution in [3.8, 4) is 22.8 Å². The van der Waals surface area contributed by atoms with Crippen LogP contribution in [-0.4, -0.2) is 41.5 Å². The first-order chi connectivity index (χ1) is 12.7. The summed E-state index contributed by atoms with van der Waals surface area (Å²) in [5.74, 6) is 1.03. The Bertz CT molecular complexity index is 991. The summed E-state index contributed by atoms with van der Waals surface area (Å²) < 4.78 is 17.8. The Balaban J connectivity index is 1.71. The van der Waals surface area contributed by atoms with Crippen LogP contribution in [0, 0.1) is 0 Å². The number of hydrogen-bond donors (Lipinski definition) is 0. The minimum Gasteiger partial charge on any atom is -0.486 e. The van der Waals surface area contributed by atoms with E-state index < -0.39 is 0 Å². The van der Waals surface area contributed by atoms with Crippen molar-refractivity contribution in [2.45, 2.75) is 13.3 Å². The number of hydrogen-bond acceptors (Lipinski definition) is 7. The van der Waals surface area contributed by atoms with E-state index in [-0.39, 0.29) is 12.4 Å². The fourth-order valence-electron chi connectivity index (χ4n) is 2.86. The van der Waals surface area contributed by atoms with Gasteiger partial charge in [0.15, 0.2) is 22.7 Å². The van der Waals surface area contributed by atoms with E-state index in [1.54, 1.807) is 17.5 Å². The lowest BCUT2D eigenvalue weighted by atomic mass is 10.1. The van der Waals surface area contributed by atoms with Crippen LogP contribution in [0.3, 0.4) is 0 Å². The molecule has 0 amide bonds. The smallest absolute Gasteiger partial charge is 0.311 e. The number of thiazole rings is 1. The Morgan fingerprint density at radius 3 is 2.92 bits per heavy atom. The van der Waals surface area contributed by atoms with Crippen LogP contribution in [0.15, 0.2) is 24.4 Å². The fraction of sp³-hybridized carbons (Fsp3) is 0.278. The van der Waals surface area contributed by atoms with Crippen LogP contribution in [0.5, 0.6) is 11.5 Å². The topological polar surface area (TPSA) is 79.1 Å². The minimum atomic E-state index is -0.295. The summed E-state index contributed by atoms with van der Waals surface area (Å²) in [6, 6.07) is 5.50. The molecular formula is C18H16N2O5S. The van der Waals surface area contributed by atoms with Gasteiger partial charge in [-0.1, -0.05) is 0 Å². The molecule has 0 unspecified atom stereocenters. The van der Waals surface area contributed by atoms with Crippen LogP contribution in [0.25, 0.3) is 16.2 Å². The Hall–Kier alpha value is -2.87. The third kappa shape index (κ3) is 2.92. The predicted molar refractivity (Wildman–Crippen MR) is 95.2 cm³/mol. The number of carbonyl (C=O) groups excluding carboxylic acids is 2. The van der Waals surface area contributed by atoms with Gasteiger partial charge in [0.05, 0.1) is 13.0 Å². The van der Waals surface area contributed by atoms with Crippen LogP contribution in [0.2, 0.25) is 0 Å². The SMILES string of the molecule is CCOC(=O)Cc1cn2c(C=O)c(-c3ccc4c(c3)OCCO4)nc2s1. The highest BCUT2D eigenvalue weighted by Crippen LogP contribution is 2.36. The van der Waals surface area contributed by atoms with Gasteiger partial charge in [0.25, 0.3) is 0 Å². The van der Waals surface area contributed by atoms with Crippen molar-refractivity contribution in [2.75, 3.05) is 19.8 Å². The van der Waals surface area contributed by atoms with E-state index in [0.29, 0.717) is 47.7 Å². The van der Waals surface area contributed by atoms with Crippen LogP contribution in [0.4, 0.5) is 0 Å². The van der Waals surface area contributed by atoms with Gasteiger partial charge in [-0.3, -0.25) is 14.0 Å². The summed E-state index contributed by atoms with van der Waals surface area (Å²) in [5, 5.41) is 0. The molecule has 26 heavy (non-hydrogen) atoms. The third-order valence-corrected chi connectivity index (χ3v) is 4.94. The normalized spacial score (nSPS) is 13.0. The molecule has 0 aliphatic carbocycles. The van der Waals surface area contributed by atoms with Gasteiger partial charge in [0, 0.05) is 16.6 Å². The lowest BCUT2D eigenvalue weighted by Gasteiger charge is -2.18. The molecule has 0 N–H and O–H groups in total. The number of ether oxygens (including phenoxy) is 3. The lowest BCUT2D eigenvalue weighted by molar-refractivity contribution is -0.142. The average Bonchev–Trinajstić information content (AvgIpc) is 3.18. The second-order valence-corrected chi connectivity index (χ2v) is 6.75. The summed E-state index contributed by atoms with van der Waals surface area (Å²) in [6.45, 7) is 3.13. The predicted octanol–water partition coefficient (Wildman–Crippen LogP) is 2.75. The van der Waals surface area contributed by atoms with E-state index in [0.717, 1.165) is 16.7 Å². The van der Waals surface area contributed by atoms with Crippen molar-refractivity contribution >= 4 is 28.6 Å². The van der Waals surface area contributed by atoms with Crippen molar-refractivity contribution in [2.24, 2.45) is 0 Å². The van der Waals surface area contributed by atoms with Crippen molar-refractivity contribution in [1.29, 1.82) is 0 Å². The first-order valence-electron chi connectivity index (χ1n) is 8.21. The number of esters is 1.